The number of primary amides is 1. The van der Waals surface area contributed by atoms with Crippen LogP contribution in [-0.4, -0.2) is 12.0 Å². The van der Waals surface area contributed by atoms with Crippen molar-refractivity contribution in [2.45, 2.75) is 32.5 Å². The van der Waals surface area contributed by atoms with Crippen molar-refractivity contribution in [3.63, 3.8) is 0 Å². The lowest BCUT2D eigenvalue weighted by molar-refractivity contribution is -0.121. The number of amides is 1. The minimum Gasteiger partial charge on any atom is -0.373 e. The summed E-state index contributed by atoms with van der Waals surface area (Å²) >= 11 is 0. The zero-order chi connectivity index (χ0) is 11.1. The first-order valence-corrected chi connectivity index (χ1v) is 5.16. The van der Waals surface area contributed by atoms with Crippen molar-refractivity contribution in [3.05, 3.63) is 35.9 Å². The van der Waals surface area contributed by atoms with Crippen LogP contribution >= 0.6 is 0 Å². The van der Waals surface area contributed by atoms with Crippen LogP contribution in [0.15, 0.2) is 30.3 Å². The lowest BCUT2D eigenvalue weighted by Gasteiger charge is -2.14. The summed E-state index contributed by atoms with van der Waals surface area (Å²) in [7, 11) is 0. The van der Waals surface area contributed by atoms with Crippen LogP contribution < -0.4 is 5.73 Å². The van der Waals surface area contributed by atoms with E-state index in [-0.39, 0.29) is 12.0 Å². The number of carbonyl (C=O) groups is 1. The lowest BCUT2D eigenvalue weighted by atomic mass is 10.2. The summed E-state index contributed by atoms with van der Waals surface area (Å²) in [6.45, 7) is 2.52. The largest absolute Gasteiger partial charge is 0.373 e. The van der Waals surface area contributed by atoms with Gasteiger partial charge < -0.3 is 10.5 Å². The molecule has 1 amide bonds. The average Bonchev–Trinajstić information content (AvgIpc) is 2.25. The van der Waals surface area contributed by atoms with Crippen molar-refractivity contribution in [2.24, 2.45) is 5.73 Å². The Balaban J connectivity index is 2.37. The number of rotatable bonds is 6. The van der Waals surface area contributed by atoms with E-state index < -0.39 is 0 Å². The van der Waals surface area contributed by atoms with Gasteiger partial charge in [-0.1, -0.05) is 37.3 Å². The van der Waals surface area contributed by atoms with Crippen LogP contribution in [0.4, 0.5) is 0 Å². The maximum Gasteiger partial charge on any atom is 0.220 e. The summed E-state index contributed by atoms with van der Waals surface area (Å²) in [5.41, 5.74) is 6.23. The van der Waals surface area contributed by atoms with Gasteiger partial charge in [0.25, 0.3) is 0 Å². The molecule has 1 aromatic rings. The highest BCUT2D eigenvalue weighted by Gasteiger charge is 2.09. The molecule has 82 valence electrons. The highest BCUT2D eigenvalue weighted by Crippen LogP contribution is 2.08. The van der Waals surface area contributed by atoms with E-state index in [2.05, 4.69) is 0 Å². The highest BCUT2D eigenvalue weighted by molar-refractivity contribution is 5.74. The molecular weight excluding hydrogens is 190 g/mol. The Hall–Kier alpha value is -1.35. The van der Waals surface area contributed by atoms with Gasteiger partial charge in [0.1, 0.15) is 0 Å². The third kappa shape index (κ3) is 4.61. The quantitative estimate of drug-likeness (QED) is 0.774. The van der Waals surface area contributed by atoms with Crippen LogP contribution in [0, 0.1) is 0 Å². The fourth-order valence-corrected chi connectivity index (χ4v) is 1.33. The average molecular weight is 207 g/mol. The standard InChI is InChI=1S/C12H17NO2/c1-2-11(8-12(13)14)15-9-10-6-4-3-5-7-10/h3-7,11H,2,8-9H2,1H3,(H2,13,14). The first-order chi connectivity index (χ1) is 7.22. The first-order valence-electron chi connectivity index (χ1n) is 5.16. The van der Waals surface area contributed by atoms with Crippen molar-refractivity contribution in [1.82, 2.24) is 0 Å². The van der Waals surface area contributed by atoms with Gasteiger partial charge in [0.2, 0.25) is 5.91 Å². The van der Waals surface area contributed by atoms with Crippen molar-refractivity contribution in [3.8, 4) is 0 Å². The topological polar surface area (TPSA) is 52.3 Å². The molecule has 15 heavy (non-hydrogen) atoms. The minimum atomic E-state index is -0.310. The van der Waals surface area contributed by atoms with E-state index in [1.165, 1.54) is 0 Å². The molecule has 0 saturated carbocycles. The summed E-state index contributed by atoms with van der Waals surface area (Å²) in [6, 6.07) is 9.89. The van der Waals surface area contributed by atoms with Crippen LogP contribution in [-0.2, 0) is 16.1 Å². The minimum absolute atomic E-state index is 0.0669. The fourth-order valence-electron chi connectivity index (χ4n) is 1.33. The molecule has 0 aromatic heterocycles. The number of ether oxygens (including phenoxy) is 1. The van der Waals surface area contributed by atoms with Gasteiger partial charge in [-0.3, -0.25) is 4.79 Å². The fraction of sp³-hybridized carbons (Fsp3) is 0.417. The Morgan fingerprint density at radius 3 is 2.60 bits per heavy atom. The Bertz CT molecular complexity index is 298. The molecule has 0 aliphatic rings. The Morgan fingerprint density at radius 1 is 1.40 bits per heavy atom. The van der Waals surface area contributed by atoms with Crippen molar-refractivity contribution < 1.29 is 9.53 Å². The maximum atomic E-state index is 10.7. The van der Waals surface area contributed by atoms with E-state index >= 15 is 0 Å². The summed E-state index contributed by atoms with van der Waals surface area (Å²) < 4.78 is 5.59. The van der Waals surface area contributed by atoms with Crippen molar-refractivity contribution in [1.29, 1.82) is 0 Å². The van der Waals surface area contributed by atoms with E-state index in [0.717, 1.165) is 12.0 Å². The second-order valence-electron chi connectivity index (χ2n) is 3.50. The molecule has 0 spiro atoms. The number of benzene rings is 1. The zero-order valence-electron chi connectivity index (χ0n) is 8.98. The summed E-state index contributed by atoms with van der Waals surface area (Å²) in [4.78, 5) is 10.7. The predicted molar refractivity (Wildman–Crippen MR) is 59.1 cm³/mol. The Kier molecular flexibility index (Phi) is 4.84. The second-order valence-corrected chi connectivity index (χ2v) is 3.50. The lowest BCUT2D eigenvalue weighted by Crippen LogP contribution is -2.22. The van der Waals surface area contributed by atoms with Crippen LogP contribution in [0.3, 0.4) is 0 Å². The number of hydrogen-bond acceptors (Lipinski definition) is 2. The molecule has 3 nitrogen and oxygen atoms in total. The monoisotopic (exact) mass is 207 g/mol. The van der Waals surface area contributed by atoms with Gasteiger partial charge in [0.15, 0.2) is 0 Å². The first kappa shape index (κ1) is 11.7. The van der Waals surface area contributed by atoms with Gasteiger partial charge >= 0.3 is 0 Å². The summed E-state index contributed by atoms with van der Waals surface area (Å²) in [6.07, 6.45) is 1.03. The molecule has 3 heteroatoms. The molecule has 1 aromatic carbocycles. The maximum absolute atomic E-state index is 10.7. The van der Waals surface area contributed by atoms with Gasteiger partial charge in [0, 0.05) is 0 Å². The highest BCUT2D eigenvalue weighted by atomic mass is 16.5. The van der Waals surface area contributed by atoms with Crippen molar-refractivity contribution >= 4 is 5.91 Å². The number of hydrogen-bond donors (Lipinski definition) is 1. The van der Waals surface area contributed by atoms with E-state index in [0.29, 0.717) is 13.0 Å². The third-order valence-electron chi connectivity index (χ3n) is 2.21. The SMILES string of the molecule is CCC(CC(N)=O)OCc1ccccc1. The molecular formula is C12H17NO2. The second kappa shape index (κ2) is 6.19. The van der Waals surface area contributed by atoms with Gasteiger partial charge in [-0.2, -0.15) is 0 Å². The van der Waals surface area contributed by atoms with Crippen molar-refractivity contribution in [2.75, 3.05) is 0 Å². The third-order valence-corrected chi connectivity index (χ3v) is 2.21. The molecule has 0 radical (unpaired) electrons. The Labute approximate surface area is 90.2 Å². The van der Waals surface area contributed by atoms with Gasteiger partial charge in [-0.25, -0.2) is 0 Å². The molecule has 0 saturated heterocycles. The number of carbonyl (C=O) groups excluding carboxylic acids is 1. The molecule has 1 unspecified atom stereocenters. The molecule has 0 aliphatic carbocycles. The van der Waals surface area contributed by atoms with Crippen LogP contribution in [0.25, 0.3) is 0 Å². The van der Waals surface area contributed by atoms with E-state index in [9.17, 15) is 4.79 Å². The predicted octanol–water partition coefficient (Wildman–Crippen LogP) is 1.86. The summed E-state index contributed by atoms with van der Waals surface area (Å²) in [5, 5.41) is 0. The van der Waals surface area contributed by atoms with E-state index in [1.54, 1.807) is 0 Å². The van der Waals surface area contributed by atoms with E-state index in [1.807, 2.05) is 37.3 Å². The molecule has 0 heterocycles. The van der Waals surface area contributed by atoms with Gasteiger partial charge in [0.05, 0.1) is 19.1 Å². The van der Waals surface area contributed by atoms with Crippen LogP contribution in [0.2, 0.25) is 0 Å². The van der Waals surface area contributed by atoms with Crippen LogP contribution in [0.1, 0.15) is 25.3 Å². The summed E-state index contributed by atoms with van der Waals surface area (Å²) in [5.74, 6) is -0.310. The van der Waals surface area contributed by atoms with Gasteiger partial charge in [-0.15, -0.1) is 0 Å². The molecule has 2 N–H and O–H groups in total. The van der Waals surface area contributed by atoms with Gasteiger partial charge in [-0.05, 0) is 12.0 Å². The normalized spacial score (nSPS) is 12.3. The van der Waals surface area contributed by atoms with Crippen LogP contribution in [0.5, 0.6) is 0 Å². The Morgan fingerprint density at radius 2 is 2.07 bits per heavy atom. The molecule has 0 fully saturated rings. The zero-order valence-corrected chi connectivity index (χ0v) is 8.98. The molecule has 0 aliphatic heterocycles. The molecule has 1 rings (SSSR count). The smallest absolute Gasteiger partial charge is 0.220 e. The van der Waals surface area contributed by atoms with E-state index in [4.69, 9.17) is 10.5 Å². The molecule has 0 bridgehead atoms. The molecule has 1 atom stereocenters. The number of nitrogens with two attached hydrogens (primary N) is 1.